The van der Waals surface area contributed by atoms with Crippen molar-refractivity contribution in [3.8, 4) is 10.4 Å². The number of carbonyl (C=O) groups is 1. The molecule has 1 aromatic heterocycles. The summed E-state index contributed by atoms with van der Waals surface area (Å²) in [6.45, 7) is 0.497. The summed E-state index contributed by atoms with van der Waals surface area (Å²) in [6, 6.07) is 6.15. The average molecular weight is 306 g/mol. The van der Waals surface area contributed by atoms with Crippen molar-refractivity contribution in [3.05, 3.63) is 50.9 Å². The number of aromatic carboxylic acids is 1. The van der Waals surface area contributed by atoms with Gasteiger partial charge in [-0.3, -0.25) is 10.1 Å². The quantitative estimate of drug-likeness (QED) is 0.678. The van der Waals surface area contributed by atoms with Gasteiger partial charge in [0.15, 0.2) is 0 Å². The highest BCUT2D eigenvalue weighted by Crippen LogP contribution is 2.34. The van der Waals surface area contributed by atoms with Crippen LogP contribution in [-0.2, 0) is 6.54 Å². The van der Waals surface area contributed by atoms with Gasteiger partial charge in [-0.15, -0.1) is 11.3 Å². The van der Waals surface area contributed by atoms with Crippen LogP contribution < -0.4 is 0 Å². The Morgan fingerprint density at radius 1 is 1.33 bits per heavy atom. The molecule has 0 bridgehead atoms. The molecule has 2 aromatic rings. The number of nitro benzene ring substituents is 1. The molecule has 2 rings (SSSR count). The molecule has 6 nitrogen and oxygen atoms in total. The summed E-state index contributed by atoms with van der Waals surface area (Å²) >= 11 is 1.34. The lowest BCUT2D eigenvalue weighted by molar-refractivity contribution is -0.384. The van der Waals surface area contributed by atoms with Gasteiger partial charge in [-0.1, -0.05) is 0 Å². The first kappa shape index (κ1) is 15.1. The largest absolute Gasteiger partial charge is 0.478 e. The molecule has 0 aliphatic heterocycles. The predicted molar refractivity (Wildman–Crippen MR) is 80.8 cm³/mol. The smallest absolute Gasteiger partial charge is 0.336 e. The highest BCUT2D eigenvalue weighted by atomic mass is 32.1. The van der Waals surface area contributed by atoms with Gasteiger partial charge in [0.25, 0.3) is 5.69 Å². The SMILES string of the molecule is CN(C)Cc1c(C(=O)O)csc1-c1ccc([N+](=O)[O-])cc1. The van der Waals surface area contributed by atoms with Crippen molar-refractivity contribution in [2.24, 2.45) is 0 Å². The molecule has 0 saturated carbocycles. The highest BCUT2D eigenvalue weighted by Gasteiger charge is 2.19. The van der Waals surface area contributed by atoms with Crippen molar-refractivity contribution in [1.29, 1.82) is 0 Å². The van der Waals surface area contributed by atoms with Crippen molar-refractivity contribution in [2.75, 3.05) is 14.1 Å². The van der Waals surface area contributed by atoms with Crippen LogP contribution in [0.4, 0.5) is 5.69 Å². The van der Waals surface area contributed by atoms with E-state index >= 15 is 0 Å². The van der Waals surface area contributed by atoms with E-state index in [1.165, 1.54) is 23.5 Å². The van der Waals surface area contributed by atoms with E-state index in [9.17, 15) is 20.0 Å². The van der Waals surface area contributed by atoms with E-state index in [1.807, 2.05) is 19.0 Å². The molecule has 0 amide bonds. The first-order valence-corrected chi connectivity index (χ1v) is 7.01. The number of thiophene rings is 1. The van der Waals surface area contributed by atoms with E-state index < -0.39 is 10.9 Å². The molecular weight excluding hydrogens is 292 g/mol. The van der Waals surface area contributed by atoms with Crippen molar-refractivity contribution in [2.45, 2.75) is 6.54 Å². The second-order valence-corrected chi connectivity index (χ2v) is 5.68. The molecule has 0 atom stereocenters. The lowest BCUT2D eigenvalue weighted by Crippen LogP contribution is -2.13. The number of nitro groups is 1. The number of hydrogen-bond acceptors (Lipinski definition) is 5. The summed E-state index contributed by atoms with van der Waals surface area (Å²) in [5, 5.41) is 21.5. The molecule has 0 fully saturated rings. The van der Waals surface area contributed by atoms with Crippen LogP contribution in [0.1, 0.15) is 15.9 Å². The second kappa shape index (κ2) is 6.02. The first-order valence-electron chi connectivity index (χ1n) is 6.13. The normalized spacial score (nSPS) is 10.8. The number of non-ortho nitro benzene ring substituents is 1. The number of rotatable bonds is 5. The summed E-state index contributed by atoms with van der Waals surface area (Å²) in [5.41, 5.74) is 1.81. The van der Waals surface area contributed by atoms with Gasteiger partial charge in [0.05, 0.1) is 10.5 Å². The lowest BCUT2D eigenvalue weighted by Gasteiger charge is -2.12. The number of hydrogen-bond donors (Lipinski definition) is 1. The first-order chi connectivity index (χ1) is 9.90. The fraction of sp³-hybridized carbons (Fsp3) is 0.214. The Kier molecular flexibility index (Phi) is 4.35. The van der Waals surface area contributed by atoms with Crippen LogP contribution in [-0.4, -0.2) is 35.0 Å². The van der Waals surface area contributed by atoms with Gasteiger partial charge in [0, 0.05) is 28.9 Å². The summed E-state index contributed by atoms with van der Waals surface area (Å²) in [7, 11) is 3.73. The van der Waals surface area contributed by atoms with E-state index in [0.29, 0.717) is 6.54 Å². The van der Waals surface area contributed by atoms with Gasteiger partial charge < -0.3 is 10.0 Å². The molecule has 1 aromatic carbocycles. The Morgan fingerprint density at radius 2 is 1.95 bits per heavy atom. The number of carboxylic acid groups (broad SMARTS) is 1. The topological polar surface area (TPSA) is 83.7 Å². The molecule has 0 saturated heterocycles. The van der Waals surface area contributed by atoms with Gasteiger partial charge in [0.2, 0.25) is 0 Å². The molecular formula is C14H14N2O4S. The zero-order valence-corrected chi connectivity index (χ0v) is 12.4. The molecule has 1 N–H and O–H groups in total. The number of nitrogens with zero attached hydrogens (tertiary/aromatic N) is 2. The van der Waals surface area contributed by atoms with Gasteiger partial charge in [0.1, 0.15) is 0 Å². The predicted octanol–water partition coefficient (Wildman–Crippen LogP) is 3.08. The van der Waals surface area contributed by atoms with Crippen LogP contribution in [0.15, 0.2) is 29.6 Å². The second-order valence-electron chi connectivity index (χ2n) is 4.80. The van der Waals surface area contributed by atoms with Crippen LogP contribution in [0.5, 0.6) is 0 Å². The number of benzene rings is 1. The maximum Gasteiger partial charge on any atom is 0.336 e. The summed E-state index contributed by atoms with van der Waals surface area (Å²) in [4.78, 5) is 24.2. The van der Waals surface area contributed by atoms with Gasteiger partial charge in [-0.05, 0) is 37.4 Å². The molecule has 21 heavy (non-hydrogen) atoms. The molecule has 110 valence electrons. The lowest BCUT2D eigenvalue weighted by atomic mass is 10.1. The van der Waals surface area contributed by atoms with Gasteiger partial charge in [-0.25, -0.2) is 4.79 Å². The fourth-order valence-corrected chi connectivity index (χ4v) is 3.08. The molecule has 0 aliphatic carbocycles. The zero-order chi connectivity index (χ0) is 15.6. The van der Waals surface area contributed by atoms with E-state index in [4.69, 9.17) is 0 Å². The zero-order valence-electron chi connectivity index (χ0n) is 11.6. The third-order valence-corrected chi connectivity index (χ3v) is 4.01. The molecule has 0 aliphatic rings. The Bertz CT molecular complexity index is 677. The summed E-state index contributed by atoms with van der Waals surface area (Å²) in [5.74, 6) is -0.962. The van der Waals surface area contributed by atoms with E-state index in [-0.39, 0.29) is 11.3 Å². The Balaban J connectivity index is 2.47. The number of carboxylic acids is 1. The maximum atomic E-state index is 11.3. The molecule has 7 heteroatoms. The minimum absolute atomic E-state index is 0.0166. The van der Waals surface area contributed by atoms with Crippen molar-refractivity contribution < 1.29 is 14.8 Å². The molecule has 0 unspecified atom stereocenters. The fourth-order valence-electron chi connectivity index (χ4n) is 2.01. The molecule has 1 heterocycles. The molecule has 0 spiro atoms. The standard InChI is InChI=1S/C14H14N2O4S/c1-15(2)7-11-12(14(17)18)8-21-13(11)9-3-5-10(6-4-9)16(19)20/h3-6,8H,7H2,1-2H3,(H,17,18). The van der Waals surface area contributed by atoms with Crippen LogP contribution in [0, 0.1) is 10.1 Å². The summed E-state index contributed by atoms with van der Waals surface area (Å²) < 4.78 is 0. The van der Waals surface area contributed by atoms with Crippen LogP contribution >= 0.6 is 11.3 Å². The monoisotopic (exact) mass is 306 g/mol. The minimum Gasteiger partial charge on any atom is -0.478 e. The Morgan fingerprint density at radius 3 is 2.43 bits per heavy atom. The van der Waals surface area contributed by atoms with Gasteiger partial charge in [-0.2, -0.15) is 0 Å². The summed E-state index contributed by atoms with van der Waals surface area (Å²) in [6.07, 6.45) is 0. The van der Waals surface area contributed by atoms with E-state index in [0.717, 1.165) is 16.0 Å². The van der Waals surface area contributed by atoms with Gasteiger partial charge >= 0.3 is 5.97 Å². The van der Waals surface area contributed by atoms with Crippen molar-refractivity contribution in [1.82, 2.24) is 4.90 Å². The third kappa shape index (κ3) is 3.26. The highest BCUT2D eigenvalue weighted by molar-refractivity contribution is 7.14. The van der Waals surface area contributed by atoms with E-state index in [1.54, 1.807) is 17.5 Å². The molecule has 0 radical (unpaired) electrons. The maximum absolute atomic E-state index is 11.3. The van der Waals surface area contributed by atoms with Crippen LogP contribution in [0.3, 0.4) is 0 Å². The van der Waals surface area contributed by atoms with E-state index in [2.05, 4.69) is 0 Å². The Labute approximate surface area is 125 Å². The van der Waals surface area contributed by atoms with Crippen LogP contribution in [0.2, 0.25) is 0 Å². The minimum atomic E-state index is -0.962. The third-order valence-electron chi connectivity index (χ3n) is 2.94. The average Bonchev–Trinajstić information content (AvgIpc) is 2.81. The van der Waals surface area contributed by atoms with Crippen molar-refractivity contribution in [3.63, 3.8) is 0 Å². The van der Waals surface area contributed by atoms with Crippen LogP contribution in [0.25, 0.3) is 10.4 Å². The Hall–Kier alpha value is -2.25. The van der Waals surface area contributed by atoms with Crippen molar-refractivity contribution >= 4 is 23.0 Å².